The maximum atomic E-state index is 5.39. The smallest absolute Gasteiger partial charge is 0.227 e. The number of aromatic nitrogens is 4. The summed E-state index contributed by atoms with van der Waals surface area (Å²) in [7, 11) is 0. The van der Waals surface area contributed by atoms with Gasteiger partial charge in [0.05, 0.1) is 19.4 Å². The Morgan fingerprint density at radius 1 is 0.960 bits per heavy atom. The van der Waals surface area contributed by atoms with Gasteiger partial charge in [-0.3, -0.25) is 4.98 Å². The Morgan fingerprint density at radius 2 is 1.80 bits per heavy atom. The molecule has 0 amide bonds. The van der Waals surface area contributed by atoms with Crippen LogP contribution >= 0.6 is 0 Å². The van der Waals surface area contributed by atoms with Crippen molar-refractivity contribution in [3.05, 3.63) is 30.9 Å². The van der Waals surface area contributed by atoms with Crippen molar-refractivity contribution >= 4 is 17.6 Å². The average Bonchev–Trinajstić information content (AvgIpc) is 2.70. The van der Waals surface area contributed by atoms with Crippen LogP contribution < -0.4 is 15.1 Å². The second-order valence-electron chi connectivity index (χ2n) is 6.31. The van der Waals surface area contributed by atoms with Crippen LogP contribution in [0.2, 0.25) is 0 Å². The summed E-state index contributed by atoms with van der Waals surface area (Å²) in [6.07, 6.45) is 9.20. The molecule has 0 aliphatic carbocycles. The van der Waals surface area contributed by atoms with Gasteiger partial charge >= 0.3 is 0 Å². The molecule has 0 bridgehead atoms. The van der Waals surface area contributed by atoms with Gasteiger partial charge in [0.15, 0.2) is 0 Å². The summed E-state index contributed by atoms with van der Waals surface area (Å²) < 4.78 is 5.39. The minimum absolute atomic E-state index is 0.417. The fraction of sp³-hybridized carbons (Fsp3) is 0.529. The second kappa shape index (κ2) is 7.60. The lowest BCUT2D eigenvalue weighted by Crippen LogP contribution is -2.40. The van der Waals surface area contributed by atoms with Gasteiger partial charge < -0.3 is 19.9 Å². The number of morpholine rings is 1. The monoisotopic (exact) mass is 341 g/mol. The van der Waals surface area contributed by atoms with E-state index in [1.165, 1.54) is 0 Å². The molecule has 0 saturated carbocycles. The third-order valence-electron chi connectivity index (χ3n) is 4.66. The Balaban J connectivity index is 1.34. The Bertz CT molecular complexity index is 670. The number of rotatable bonds is 4. The standard InChI is InChI=1S/C17H23N7O/c1-4-20-17(24-9-11-25-12-10-24)22-15(1)21-14-2-7-23(8-3-14)16-13-18-5-6-19-16/h1,4-6,13-14H,2-3,7-12H2,(H,20,21,22). The van der Waals surface area contributed by atoms with E-state index in [0.717, 1.165) is 69.8 Å². The molecule has 0 atom stereocenters. The number of nitrogens with zero attached hydrogens (tertiary/aromatic N) is 6. The fourth-order valence-corrected chi connectivity index (χ4v) is 3.26. The summed E-state index contributed by atoms with van der Waals surface area (Å²) in [6, 6.07) is 2.36. The normalized spacial score (nSPS) is 19.0. The number of hydrogen-bond acceptors (Lipinski definition) is 8. The van der Waals surface area contributed by atoms with Gasteiger partial charge in [-0.25, -0.2) is 9.97 Å². The predicted octanol–water partition coefficient (Wildman–Crippen LogP) is 1.18. The first-order chi connectivity index (χ1) is 12.4. The molecular formula is C17H23N7O. The van der Waals surface area contributed by atoms with Gasteiger partial charge in [-0.15, -0.1) is 0 Å². The van der Waals surface area contributed by atoms with Crippen molar-refractivity contribution < 1.29 is 4.74 Å². The summed E-state index contributed by atoms with van der Waals surface area (Å²) in [6.45, 7) is 5.11. The van der Waals surface area contributed by atoms with E-state index in [9.17, 15) is 0 Å². The molecule has 8 nitrogen and oxygen atoms in total. The molecule has 1 N–H and O–H groups in total. The van der Waals surface area contributed by atoms with Crippen LogP contribution in [0.15, 0.2) is 30.9 Å². The molecule has 2 aromatic heterocycles. The van der Waals surface area contributed by atoms with Crippen molar-refractivity contribution in [3.8, 4) is 0 Å². The minimum Gasteiger partial charge on any atom is -0.378 e. The van der Waals surface area contributed by atoms with E-state index in [-0.39, 0.29) is 0 Å². The fourth-order valence-electron chi connectivity index (χ4n) is 3.26. The van der Waals surface area contributed by atoms with Crippen molar-refractivity contribution in [1.82, 2.24) is 19.9 Å². The van der Waals surface area contributed by atoms with Crippen molar-refractivity contribution in [2.24, 2.45) is 0 Å². The molecule has 4 heterocycles. The van der Waals surface area contributed by atoms with E-state index in [0.29, 0.717) is 6.04 Å². The maximum absolute atomic E-state index is 5.39. The quantitative estimate of drug-likeness (QED) is 0.888. The highest BCUT2D eigenvalue weighted by atomic mass is 16.5. The Kier molecular flexibility index (Phi) is 4.87. The van der Waals surface area contributed by atoms with E-state index < -0.39 is 0 Å². The topological polar surface area (TPSA) is 79.3 Å². The molecule has 4 rings (SSSR count). The van der Waals surface area contributed by atoms with Crippen LogP contribution in [0.5, 0.6) is 0 Å². The summed E-state index contributed by atoms with van der Waals surface area (Å²) in [4.78, 5) is 22.1. The highest BCUT2D eigenvalue weighted by Gasteiger charge is 2.21. The third-order valence-corrected chi connectivity index (χ3v) is 4.66. The zero-order chi connectivity index (χ0) is 16.9. The molecule has 2 aromatic rings. The Morgan fingerprint density at radius 3 is 2.56 bits per heavy atom. The Hall–Kier alpha value is -2.48. The van der Waals surface area contributed by atoms with Crippen molar-refractivity contribution in [1.29, 1.82) is 0 Å². The van der Waals surface area contributed by atoms with Gasteiger partial charge in [0, 0.05) is 50.8 Å². The van der Waals surface area contributed by atoms with Crippen LogP contribution in [0.25, 0.3) is 0 Å². The van der Waals surface area contributed by atoms with Crippen LogP contribution in [0.1, 0.15) is 12.8 Å². The van der Waals surface area contributed by atoms with Crippen LogP contribution in [0, 0.1) is 0 Å². The molecule has 132 valence electrons. The van der Waals surface area contributed by atoms with Crippen molar-refractivity contribution in [2.75, 3.05) is 54.5 Å². The lowest BCUT2D eigenvalue weighted by Gasteiger charge is -2.33. The van der Waals surface area contributed by atoms with E-state index in [2.05, 4.69) is 35.1 Å². The maximum Gasteiger partial charge on any atom is 0.227 e. The van der Waals surface area contributed by atoms with Gasteiger partial charge in [0.1, 0.15) is 11.6 Å². The molecule has 8 heteroatoms. The summed E-state index contributed by atoms with van der Waals surface area (Å²) >= 11 is 0. The minimum atomic E-state index is 0.417. The lowest BCUT2D eigenvalue weighted by atomic mass is 10.1. The molecule has 0 aromatic carbocycles. The summed E-state index contributed by atoms with van der Waals surface area (Å²) in [5.41, 5.74) is 0. The molecule has 2 saturated heterocycles. The number of nitrogens with one attached hydrogen (secondary N) is 1. The lowest BCUT2D eigenvalue weighted by molar-refractivity contribution is 0.122. The third kappa shape index (κ3) is 3.96. The van der Waals surface area contributed by atoms with E-state index >= 15 is 0 Å². The van der Waals surface area contributed by atoms with E-state index in [1.54, 1.807) is 12.4 Å². The SMILES string of the molecule is c1cnc(N2CCC(Nc3ccnc(N4CCOCC4)n3)CC2)cn1. The van der Waals surface area contributed by atoms with E-state index in [4.69, 9.17) is 4.74 Å². The first-order valence-electron chi connectivity index (χ1n) is 8.82. The average molecular weight is 341 g/mol. The van der Waals surface area contributed by atoms with Crippen molar-refractivity contribution in [2.45, 2.75) is 18.9 Å². The number of ether oxygens (including phenoxy) is 1. The van der Waals surface area contributed by atoms with Gasteiger partial charge in [0.2, 0.25) is 5.95 Å². The second-order valence-corrected chi connectivity index (χ2v) is 6.31. The molecule has 0 spiro atoms. The highest BCUT2D eigenvalue weighted by Crippen LogP contribution is 2.20. The van der Waals surface area contributed by atoms with Crippen LogP contribution in [0.3, 0.4) is 0 Å². The molecular weight excluding hydrogens is 318 g/mol. The van der Waals surface area contributed by atoms with Gasteiger partial charge in [-0.2, -0.15) is 4.98 Å². The van der Waals surface area contributed by atoms with Crippen LogP contribution in [0.4, 0.5) is 17.6 Å². The summed E-state index contributed by atoms with van der Waals surface area (Å²) in [5, 5.41) is 3.56. The van der Waals surface area contributed by atoms with Gasteiger partial charge in [-0.05, 0) is 18.9 Å². The highest BCUT2D eigenvalue weighted by molar-refractivity contribution is 5.43. The van der Waals surface area contributed by atoms with Crippen LogP contribution in [-0.2, 0) is 4.74 Å². The zero-order valence-electron chi connectivity index (χ0n) is 14.2. The summed E-state index contributed by atoms with van der Waals surface area (Å²) in [5.74, 6) is 2.64. The van der Waals surface area contributed by atoms with Crippen LogP contribution in [-0.4, -0.2) is 65.4 Å². The molecule has 0 unspecified atom stereocenters. The molecule has 25 heavy (non-hydrogen) atoms. The molecule has 2 aliphatic rings. The number of hydrogen-bond donors (Lipinski definition) is 1. The first-order valence-corrected chi connectivity index (χ1v) is 8.82. The predicted molar refractivity (Wildman–Crippen MR) is 96.0 cm³/mol. The largest absolute Gasteiger partial charge is 0.378 e. The number of piperidine rings is 1. The molecule has 2 aliphatic heterocycles. The Labute approximate surface area is 147 Å². The molecule has 0 radical (unpaired) electrons. The zero-order valence-corrected chi connectivity index (χ0v) is 14.2. The van der Waals surface area contributed by atoms with E-state index in [1.807, 2.05) is 18.5 Å². The van der Waals surface area contributed by atoms with Gasteiger partial charge in [0.25, 0.3) is 0 Å². The van der Waals surface area contributed by atoms with Gasteiger partial charge in [-0.1, -0.05) is 0 Å². The molecule has 2 fully saturated rings. The number of anilines is 3. The first kappa shape index (κ1) is 16.0. The van der Waals surface area contributed by atoms with Crippen molar-refractivity contribution in [3.63, 3.8) is 0 Å².